The van der Waals surface area contributed by atoms with Crippen molar-refractivity contribution in [3.63, 3.8) is 0 Å². The van der Waals surface area contributed by atoms with Crippen molar-refractivity contribution in [3.8, 4) is 11.6 Å². The quantitative estimate of drug-likeness (QED) is 0.754. The van der Waals surface area contributed by atoms with E-state index in [1.54, 1.807) is 47.9 Å². The summed E-state index contributed by atoms with van der Waals surface area (Å²) < 4.78 is 5.68. The average molecular weight is 351 g/mol. The zero-order valence-corrected chi connectivity index (χ0v) is 14.4. The van der Waals surface area contributed by atoms with E-state index in [9.17, 15) is 4.79 Å². The number of fused-ring (bicyclic) bond motifs is 1. The van der Waals surface area contributed by atoms with Gasteiger partial charge in [0.05, 0.1) is 5.69 Å². The topological polar surface area (TPSA) is 64.1 Å². The Morgan fingerprint density at radius 3 is 2.88 bits per heavy atom. The first-order chi connectivity index (χ1) is 12.3. The second-order valence-electron chi connectivity index (χ2n) is 5.85. The maximum atomic E-state index is 12.5. The molecule has 2 heterocycles. The predicted molar refractivity (Wildman–Crippen MR) is 97.5 cm³/mol. The van der Waals surface area contributed by atoms with Crippen LogP contribution in [-0.2, 0) is 12.8 Å². The van der Waals surface area contributed by atoms with Crippen molar-refractivity contribution in [1.29, 1.82) is 0 Å². The van der Waals surface area contributed by atoms with E-state index in [0.29, 0.717) is 22.3 Å². The van der Waals surface area contributed by atoms with Crippen LogP contribution in [0.25, 0.3) is 0 Å². The van der Waals surface area contributed by atoms with Crippen molar-refractivity contribution >= 4 is 22.4 Å². The van der Waals surface area contributed by atoms with E-state index < -0.39 is 0 Å². The van der Waals surface area contributed by atoms with Crippen molar-refractivity contribution in [1.82, 2.24) is 9.97 Å². The van der Waals surface area contributed by atoms with Gasteiger partial charge < -0.3 is 4.74 Å². The first-order valence-electron chi connectivity index (χ1n) is 8.27. The van der Waals surface area contributed by atoms with Crippen LogP contribution in [0.1, 0.15) is 33.8 Å². The summed E-state index contributed by atoms with van der Waals surface area (Å²) in [6.45, 7) is 0. The smallest absolute Gasteiger partial charge is 0.257 e. The minimum absolute atomic E-state index is 0.183. The van der Waals surface area contributed by atoms with E-state index in [4.69, 9.17) is 4.74 Å². The monoisotopic (exact) mass is 351 g/mol. The number of aryl methyl sites for hydroxylation is 2. The molecular weight excluding hydrogens is 334 g/mol. The van der Waals surface area contributed by atoms with E-state index in [2.05, 4.69) is 15.3 Å². The van der Waals surface area contributed by atoms with Crippen LogP contribution in [0.3, 0.4) is 0 Å². The standard InChI is InChI=1S/C19H17N3O2S/c23-18(22-19-21-15-8-1-2-9-16(15)25-19)13-6-5-7-14(12-13)24-17-10-3-4-11-20-17/h3-7,10-12H,1-2,8-9H2,(H,21,22,23). The molecule has 0 bridgehead atoms. The number of hydrogen-bond acceptors (Lipinski definition) is 5. The van der Waals surface area contributed by atoms with Crippen molar-refractivity contribution in [2.75, 3.05) is 5.32 Å². The lowest BCUT2D eigenvalue weighted by atomic mass is 10.0. The lowest BCUT2D eigenvalue weighted by Gasteiger charge is -2.06. The molecule has 0 unspecified atom stereocenters. The highest BCUT2D eigenvalue weighted by Gasteiger charge is 2.17. The third-order valence-electron chi connectivity index (χ3n) is 4.02. The van der Waals surface area contributed by atoms with Crippen LogP contribution in [-0.4, -0.2) is 15.9 Å². The highest BCUT2D eigenvalue weighted by Crippen LogP contribution is 2.30. The van der Waals surface area contributed by atoms with Crippen LogP contribution in [0, 0.1) is 0 Å². The molecule has 3 aromatic rings. The molecule has 1 aliphatic carbocycles. The highest BCUT2D eigenvalue weighted by atomic mass is 32.1. The maximum absolute atomic E-state index is 12.5. The first-order valence-corrected chi connectivity index (χ1v) is 9.08. The summed E-state index contributed by atoms with van der Waals surface area (Å²) in [5.41, 5.74) is 1.67. The third kappa shape index (κ3) is 3.69. The molecule has 2 aromatic heterocycles. The minimum atomic E-state index is -0.183. The number of ether oxygens (including phenoxy) is 1. The van der Waals surface area contributed by atoms with E-state index in [1.165, 1.54) is 17.7 Å². The predicted octanol–water partition coefficient (Wildman–Crippen LogP) is 4.46. The fourth-order valence-electron chi connectivity index (χ4n) is 2.80. The Morgan fingerprint density at radius 2 is 2.04 bits per heavy atom. The minimum Gasteiger partial charge on any atom is -0.439 e. The molecule has 0 saturated carbocycles. The van der Waals surface area contributed by atoms with Gasteiger partial charge in [0, 0.05) is 22.7 Å². The van der Waals surface area contributed by atoms with E-state index in [-0.39, 0.29) is 5.91 Å². The van der Waals surface area contributed by atoms with Gasteiger partial charge in [0.15, 0.2) is 5.13 Å². The van der Waals surface area contributed by atoms with Crippen LogP contribution in [0.4, 0.5) is 5.13 Å². The number of hydrogen-bond donors (Lipinski definition) is 1. The Balaban J connectivity index is 1.48. The summed E-state index contributed by atoms with van der Waals surface area (Å²) in [6, 6.07) is 12.5. The SMILES string of the molecule is O=C(Nc1nc2c(s1)CCCC2)c1cccc(Oc2ccccn2)c1. The normalized spacial score (nSPS) is 13.1. The lowest BCUT2D eigenvalue weighted by molar-refractivity contribution is 0.102. The van der Waals surface area contributed by atoms with Gasteiger partial charge in [0.25, 0.3) is 5.91 Å². The number of thiazole rings is 1. The summed E-state index contributed by atoms with van der Waals surface area (Å²) >= 11 is 1.58. The Kier molecular flexibility index (Phi) is 4.43. The van der Waals surface area contributed by atoms with Gasteiger partial charge >= 0.3 is 0 Å². The summed E-state index contributed by atoms with van der Waals surface area (Å²) in [5.74, 6) is 0.884. The summed E-state index contributed by atoms with van der Waals surface area (Å²) in [4.78, 5) is 22.5. The number of carbonyl (C=O) groups is 1. The molecule has 0 fully saturated rings. The number of aromatic nitrogens is 2. The fourth-order valence-corrected chi connectivity index (χ4v) is 3.85. The molecule has 0 atom stereocenters. The van der Waals surface area contributed by atoms with Crippen LogP contribution in [0.2, 0.25) is 0 Å². The van der Waals surface area contributed by atoms with Crippen LogP contribution in [0.15, 0.2) is 48.7 Å². The van der Waals surface area contributed by atoms with Gasteiger partial charge in [-0.15, -0.1) is 11.3 Å². The summed E-state index contributed by atoms with van der Waals surface area (Å²) in [5, 5.41) is 3.58. The number of rotatable bonds is 4. The van der Waals surface area contributed by atoms with E-state index in [1.807, 2.05) is 12.1 Å². The Bertz CT molecular complexity index is 869. The molecule has 4 rings (SSSR count). The Morgan fingerprint density at radius 1 is 1.12 bits per heavy atom. The number of nitrogens with zero attached hydrogens (tertiary/aromatic N) is 2. The number of nitrogens with one attached hydrogen (secondary N) is 1. The van der Waals surface area contributed by atoms with Crippen LogP contribution in [0.5, 0.6) is 11.6 Å². The fraction of sp³-hybridized carbons (Fsp3) is 0.211. The molecule has 0 saturated heterocycles. The highest BCUT2D eigenvalue weighted by molar-refractivity contribution is 7.15. The van der Waals surface area contributed by atoms with Crippen molar-refractivity contribution < 1.29 is 9.53 Å². The van der Waals surface area contributed by atoms with E-state index in [0.717, 1.165) is 18.5 Å². The summed E-state index contributed by atoms with van der Waals surface area (Å²) in [6.07, 6.45) is 6.12. The molecule has 0 spiro atoms. The van der Waals surface area contributed by atoms with Crippen LogP contribution >= 0.6 is 11.3 Å². The molecule has 1 aliphatic rings. The van der Waals surface area contributed by atoms with Crippen LogP contribution < -0.4 is 10.1 Å². The molecule has 0 aliphatic heterocycles. The largest absolute Gasteiger partial charge is 0.439 e. The zero-order valence-electron chi connectivity index (χ0n) is 13.6. The van der Waals surface area contributed by atoms with Gasteiger partial charge in [-0.1, -0.05) is 12.1 Å². The van der Waals surface area contributed by atoms with Crippen molar-refractivity contribution in [2.24, 2.45) is 0 Å². The lowest BCUT2D eigenvalue weighted by Crippen LogP contribution is -2.11. The van der Waals surface area contributed by atoms with Gasteiger partial charge in [-0.2, -0.15) is 0 Å². The molecule has 25 heavy (non-hydrogen) atoms. The number of carbonyl (C=O) groups excluding carboxylic acids is 1. The number of pyridine rings is 1. The zero-order chi connectivity index (χ0) is 17.1. The number of anilines is 1. The molecule has 0 radical (unpaired) electrons. The maximum Gasteiger partial charge on any atom is 0.257 e. The first kappa shape index (κ1) is 15.8. The van der Waals surface area contributed by atoms with Gasteiger partial charge in [0.1, 0.15) is 5.75 Å². The van der Waals surface area contributed by atoms with Gasteiger partial charge in [0.2, 0.25) is 5.88 Å². The van der Waals surface area contributed by atoms with Crippen molar-refractivity contribution in [3.05, 3.63) is 64.8 Å². The molecule has 1 aromatic carbocycles. The molecule has 1 N–H and O–H groups in total. The average Bonchev–Trinajstić information content (AvgIpc) is 3.05. The Labute approximate surface area is 149 Å². The van der Waals surface area contributed by atoms with E-state index >= 15 is 0 Å². The molecule has 6 heteroatoms. The number of amides is 1. The van der Waals surface area contributed by atoms with Gasteiger partial charge in [-0.25, -0.2) is 9.97 Å². The van der Waals surface area contributed by atoms with Crippen molar-refractivity contribution in [2.45, 2.75) is 25.7 Å². The summed E-state index contributed by atoms with van der Waals surface area (Å²) in [7, 11) is 0. The second-order valence-corrected chi connectivity index (χ2v) is 6.93. The third-order valence-corrected chi connectivity index (χ3v) is 5.10. The Hall–Kier alpha value is -2.73. The molecular formula is C19H17N3O2S. The van der Waals surface area contributed by atoms with Gasteiger partial charge in [-0.3, -0.25) is 10.1 Å². The molecule has 126 valence electrons. The second kappa shape index (κ2) is 7.03. The molecule has 1 amide bonds. The number of benzene rings is 1. The molecule has 5 nitrogen and oxygen atoms in total. The van der Waals surface area contributed by atoms with Gasteiger partial charge in [-0.05, 0) is 49.9 Å².